The number of fused-ring (bicyclic) bond motifs is 1. The van der Waals surface area contributed by atoms with Crippen molar-refractivity contribution >= 4 is 10.9 Å². The number of aromatic nitrogens is 2. The number of phenolic OH excluding ortho intramolecular Hbond substituents is 1. The molecule has 1 aromatic heterocycles. The van der Waals surface area contributed by atoms with Crippen molar-refractivity contribution in [1.29, 1.82) is 0 Å². The lowest BCUT2D eigenvalue weighted by atomic mass is 10.1. The Morgan fingerprint density at radius 2 is 2.11 bits per heavy atom. The Morgan fingerprint density at radius 1 is 1.39 bits per heavy atom. The van der Waals surface area contributed by atoms with Crippen molar-refractivity contribution in [2.24, 2.45) is 5.92 Å². The van der Waals surface area contributed by atoms with Crippen LogP contribution >= 0.6 is 0 Å². The minimum Gasteiger partial charge on any atom is -0.506 e. The molecule has 0 saturated heterocycles. The van der Waals surface area contributed by atoms with Gasteiger partial charge < -0.3 is 5.11 Å². The molecule has 0 aliphatic rings. The third kappa shape index (κ3) is 2.23. The van der Waals surface area contributed by atoms with Gasteiger partial charge in [-0.2, -0.15) is 0 Å². The standard InChI is InChI=1S/C14H18N2O2/c1-9(2)7-8-16-10(3)15-13-11(14(16)18)5-4-6-12(13)17/h4-6,9,17H,7-8H2,1-3H3. The van der Waals surface area contributed by atoms with E-state index in [0.29, 0.717) is 29.2 Å². The van der Waals surface area contributed by atoms with Gasteiger partial charge in [0.25, 0.3) is 5.56 Å². The fourth-order valence-electron chi connectivity index (χ4n) is 1.99. The van der Waals surface area contributed by atoms with Crippen LogP contribution in [0.1, 0.15) is 26.1 Å². The highest BCUT2D eigenvalue weighted by atomic mass is 16.3. The first kappa shape index (κ1) is 12.6. The number of nitrogens with zero attached hydrogens (tertiary/aromatic N) is 2. The van der Waals surface area contributed by atoms with Crippen LogP contribution in [-0.2, 0) is 6.54 Å². The number of para-hydroxylation sites is 1. The molecule has 2 rings (SSSR count). The molecule has 0 saturated carbocycles. The van der Waals surface area contributed by atoms with E-state index in [1.54, 1.807) is 29.7 Å². The van der Waals surface area contributed by atoms with Gasteiger partial charge in [-0.25, -0.2) is 4.98 Å². The molecule has 0 spiro atoms. The second-order valence-electron chi connectivity index (χ2n) is 4.97. The Kier molecular flexibility index (Phi) is 3.36. The van der Waals surface area contributed by atoms with Crippen LogP contribution in [0.3, 0.4) is 0 Å². The van der Waals surface area contributed by atoms with E-state index in [0.717, 1.165) is 6.42 Å². The SMILES string of the molecule is Cc1nc2c(O)cccc2c(=O)n1CCC(C)C. The fourth-order valence-corrected chi connectivity index (χ4v) is 1.99. The molecule has 2 aromatic rings. The summed E-state index contributed by atoms with van der Waals surface area (Å²) in [6, 6.07) is 4.92. The number of hydrogen-bond acceptors (Lipinski definition) is 3. The summed E-state index contributed by atoms with van der Waals surface area (Å²) in [5.74, 6) is 1.24. The lowest BCUT2D eigenvalue weighted by Gasteiger charge is -2.12. The summed E-state index contributed by atoms with van der Waals surface area (Å²) in [4.78, 5) is 16.7. The summed E-state index contributed by atoms with van der Waals surface area (Å²) in [6.07, 6.45) is 0.937. The molecule has 1 N–H and O–H groups in total. The number of hydrogen-bond donors (Lipinski definition) is 1. The van der Waals surface area contributed by atoms with Gasteiger partial charge in [-0.15, -0.1) is 0 Å². The van der Waals surface area contributed by atoms with Gasteiger partial charge in [0.15, 0.2) is 0 Å². The molecule has 0 unspecified atom stereocenters. The van der Waals surface area contributed by atoms with E-state index >= 15 is 0 Å². The number of aromatic hydroxyl groups is 1. The first-order valence-corrected chi connectivity index (χ1v) is 6.20. The van der Waals surface area contributed by atoms with Gasteiger partial charge in [0.05, 0.1) is 5.39 Å². The first-order chi connectivity index (χ1) is 8.50. The van der Waals surface area contributed by atoms with Gasteiger partial charge >= 0.3 is 0 Å². The average molecular weight is 246 g/mol. The fraction of sp³-hybridized carbons (Fsp3) is 0.429. The Hall–Kier alpha value is -1.84. The molecule has 0 aliphatic carbocycles. The summed E-state index contributed by atoms with van der Waals surface area (Å²) in [5, 5.41) is 10.2. The average Bonchev–Trinajstić information content (AvgIpc) is 2.30. The highest BCUT2D eigenvalue weighted by molar-refractivity contribution is 5.83. The molecule has 4 heteroatoms. The smallest absolute Gasteiger partial charge is 0.261 e. The van der Waals surface area contributed by atoms with Gasteiger partial charge in [0.2, 0.25) is 0 Å². The zero-order valence-electron chi connectivity index (χ0n) is 11.0. The minimum absolute atomic E-state index is 0.0590. The van der Waals surface area contributed by atoms with Gasteiger partial charge in [-0.3, -0.25) is 9.36 Å². The van der Waals surface area contributed by atoms with Gasteiger partial charge in [-0.05, 0) is 31.4 Å². The molecular weight excluding hydrogens is 228 g/mol. The molecule has 0 radical (unpaired) electrons. The molecule has 0 aliphatic heterocycles. The van der Waals surface area contributed by atoms with Gasteiger partial charge in [0.1, 0.15) is 17.1 Å². The van der Waals surface area contributed by atoms with E-state index < -0.39 is 0 Å². The second-order valence-corrected chi connectivity index (χ2v) is 4.97. The third-order valence-corrected chi connectivity index (χ3v) is 3.08. The van der Waals surface area contributed by atoms with Crippen molar-refractivity contribution in [2.75, 3.05) is 0 Å². The summed E-state index contributed by atoms with van der Waals surface area (Å²) in [6.45, 7) is 6.72. The second kappa shape index (κ2) is 4.80. The lowest BCUT2D eigenvalue weighted by molar-refractivity contribution is 0.477. The highest BCUT2D eigenvalue weighted by Gasteiger charge is 2.10. The van der Waals surface area contributed by atoms with E-state index in [4.69, 9.17) is 0 Å². The molecule has 1 aromatic carbocycles. The van der Waals surface area contributed by atoms with E-state index in [9.17, 15) is 9.90 Å². The zero-order valence-corrected chi connectivity index (χ0v) is 11.0. The summed E-state index contributed by atoms with van der Waals surface area (Å²) < 4.78 is 1.68. The largest absolute Gasteiger partial charge is 0.506 e. The normalized spacial score (nSPS) is 11.3. The number of aryl methyl sites for hydroxylation is 1. The van der Waals surface area contributed by atoms with Crippen LogP contribution in [0.25, 0.3) is 10.9 Å². The van der Waals surface area contributed by atoms with Gasteiger partial charge in [0, 0.05) is 6.54 Å². The van der Waals surface area contributed by atoms with Crippen LogP contribution in [0, 0.1) is 12.8 Å². The quantitative estimate of drug-likeness (QED) is 0.905. The molecule has 0 amide bonds. The number of rotatable bonds is 3. The van der Waals surface area contributed by atoms with Crippen molar-refractivity contribution in [3.05, 3.63) is 34.4 Å². The van der Waals surface area contributed by atoms with Crippen LogP contribution in [0.5, 0.6) is 5.75 Å². The predicted molar refractivity (Wildman–Crippen MR) is 71.9 cm³/mol. The van der Waals surface area contributed by atoms with Gasteiger partial charge in [-0.1, -0.05) is 19.9 Å². The third-order valence-electron chi connectivity index (χ3n) is 3.08. The molecule has 96 valence electrons. The molecular formula is C14H18N2O2. The van der Waals surface area contributed by atoms with E-state index in [1.165, 1.54) is 0 Å². The highest BCUT2D eigenvalue weighted by Crippen LogP contribution is 2.19. The number of benzene rings is 1. The number of phenols is 1. The Balaban J connectivity index is 2.59. The monoisotopic (exact) mass is 246 g/mol. The van der Waals surface area contributed by atoms with Crippen LogP contribution < -0.4 is 5.56 Å². The predicted octanol–water partition coefficient (Wildman–Crippen LogP) is 2.46. The maximum atomic E-state index is 12.3. The van der Waals surface area contributed by atoms with Crippen molar-refractivity contribution in [2.45, 2.75) is 33.7 Å². The summed E-state index contributed by atoms with van der Waals surface area (Å²) >= 11 is 0. The molecule has 1 heterocycles. The topological polar surface area (TPSA) is 55.1 Å². The lowest BCUT2D eigenvalue weighted by Crippen LogP contribution is -2.24. The Labute approximate surface area is 106 Å². The zero-order chi connectivity index (χ0) is 13.3. The van der Waals surface area contributed by atoms with E-state index in [-0.39, 0.29) is 11.3 Å². The maximum absolute atomic E-state index is 12.3. The Morgan fingerprint density at radius 3 is 2.78 bits per heavy atom. The molecule has 0 fully saturated rings. The van der Waals surface area contributed by atoms with Crippen molar-refractivity contribution in [3.63, 3.8) is 0 Å². The minimum atomic E-state index is -0.0750. The summed E-state index contributed by atoms with van der Waals surface area (Å²) in [5.41, 5.74) is 0.315. The van der Waals surface area contributed by atoms with Crippen molar-refractivity contribution in [3.8, 4) is 5.75 Å². The molecule has 18 heavy (non-hydrogen) atoms. The van der Waals surface area contributed by atoms with Crippen LogP contribution in [0.4, 0.5) is 0 Å². The molecule has 4 nitrogen and oxygen atoms in total. The summed E-state index contributed by atoms with van der Waals surface area (Å²) in [7, 11) is 0. The Bertz CT molecular complexity index is 629. The van der Waals surface area contributed by atoms with Crippen molar-refractivity contribution in [1.82, 2.24) is 9.55 Å². The molecule has 0 bridgehead atoms. The van der Waals surface area contributed by atoms with E-state index in [2.05, 4.69) is 18.8 Å². The van der Waals surface area contributed by atoms with E-state index in [1.807, 2.05) is 0 Å². The van der Waals surface area contributed by atoms with Crippen molar-refractivity contribution < 1.29 is 5.11 Å². The molecule has 0 atom stereocenters. The maximum Gasteiger partial charge on any atom is 0.261 e. The first-order valence-electron chi connectivity index (χ1n) is 6.20. The van der Waals surface area contributed by atoms with Crippen LogP contribution in [0.15, 0.2) is 23.0 Å². The van der Waals surface area contributed by atoms with Crippen LogP contribution in [-0.4, -0.2) is 14.7 Å². The van der Waals surface area contributed by atoms with Crippen LogP contribution in [0.2, 0.25) is 0 Å².